The Morgan fingerprint density at radius 3 is 2.85 bits per heavy atom. The second kappa shape index (κ2) is 7.87. The SMILES string of the molecule is NC(=NN=Cc1ccco1)SC1CC(=O)N(c2cccc(C(=O)O)c2)C1=O. The van der Waals surface area contributed by atoms with Crippen LogP contribution in [-0.4, -0.2) is 39.5 Å². The number of imide groups is 1. The van der Waals surface area contributed by atoms with Crippen LogP contribution in [0.2, 0.25) is 0 Å². The summed E-state index contributed by atoms with van der Waals surface area (Å²) in [5.41, 5.74) is 5.95. The molecule has 1 atom stereocenters. The summed E-state index contributed by atoms with van der Waals surface area (Å²) in [5.74, 6) is -1.58. The van der Waals surface area contributed by atoms with E-state index in [9.17, 15) is 14.4 Å². The van der Waals surface area contributed by atoms with E-state index in [1.807, 2.05) is 0 Å². The number of thioether (sulfide) groups is 1. The Labute approximate surface area is 157 Å². The third-order valence-corrected chi connectivity index (χ3v) is 4.58. The fourth-order valence-electron chi connectivity index (χ4n) is 2.42. The van der Waals surface area contributed by atoms with Gasteiger partial charge in [-0.05, 0) is 30.3 Å². The van der Waals surface area contributed by atoms with Gasteiger partial charge in [-0.1, -0.05) is 17.8 Å². The van der Waals surface area contributed by atoms with Crippen LogP contribution < -0.4 is 10.6 Å². The minimum atomic E-state index is -1.15. The van der Waals surface area contributed by atoms with Gasteiger partial charge in [0.05, 0.1) is 23.7 Å². The molecule has 1 aromatic heterocycles. The molecule has 0 aliphatic carbocycles. The van der Waals surface area contributed by atoms with E-state index < -0.39 is 23.0 Å². The minimum Gasteiger partial charge on any atom is -0.478 e. The summed E-state index contributed by atoms with van der Waals surface area (Å²) in [6.45, 7) is 0. The Hall–Kier alpha value is -3.40. The van der Waals surface area contributed by atoms with E-state index in [1.54, 1.807) is 12.1 Å². The second-order valence-corrected chi connectivity index (χ2v) is 6.65. The lowest BCUT2D eigenvalue weighted by atomic mass is 10.2. The molecule has 1 aliphatic rings. The summed E-state index contributed by atoms with van der Waals surface area (Å²) in [7, 11) is 0. The maximum Gasteiger partial charge on any atom is 0.335 e. The molecule has 10 heteroatoms. The van der Waals surface area contributed by atoms with Crippen LogP contribution in [-0.2, 0) is 9.59 Å². The van der Waals surface area contributed by atoms with Gasteiger partial charge in [0.2, 0.25) is 11.8 Å². The van der Waals surface area contributed by atoms with Crippen molar-refractivity contribution in [3.8, 4) is 0 Å². The highest BCUT2D eigenvalue weighted by Gasteiger charge is 2.40. The molecular formula is C17H14N4O5S. The van der Waals surface area contributed by atoms with Crippen LogP contribution in [0.1, 0.15) is 22.5 Å². The van der Waals surface area contributed by atoms with E-state index in [4.69, 9.17) is 15.3 Å². The lowest BCUT2D eigenvalue weighted by Gasteiger charge is -2.15. The molecular weight excluding hydrogens is 372 g/mol. The van der Waals surface area contributed by atoms with Gasteiger partial charge in [0, 0.05) is 6.42 Å². The molecule has 1 unspecified atom stereocenters. The van der Waals surface area contributed by atoms with E-state index >= 15 is 0 Å². The van der Waals surface area contributed by atoms with Crippen LogP contribution >= 0.6 is 11.8 Å². The first-order valence-corrected chi connectivity index (χ1v) is 8.60. The Balaban J connectivity index is 1.70. The van der Waals surface area contributed by atoms with Crippen LogP contribution in [0, 0.1) is 0 Å². The molecule has 2 amide bonds. The summed E-state index contributed by atoms with van der Waals surface area (Å²) < 4.78 is 5.06. The first-order chi connectivity index (χ1) is 13.0. The number of carboxylic acids is 1. The summed E-state index contributed by atoms with van der Waals surface area (Å²) in [6.07, 6.45) is 2.78. The van der Waals surface area contributed by atoms with Gasteiger partial charge in [0.25, 0.3) is 0 Å². The number of anilines is 1. The summed E-state index contributed by atoms with van der Waals surface area (Å²) in [4.78, 5) is 36.9. The molecule has 0 bridgehead atoms. The average molecular weight is 386 g/mol. The van der Waals surface area contributed by atoms with Crippen molar-refractivity contribution in [2.45, 2.75) is 11.7 Å². The maximum atomic E-state index is 12.6. The topological polar surface area (TPSA) is 139 Å². The highest BCUT2D eigenvalue weighted by molar-refractivity contribution is 8.14. The number of furan rings is 1. The van der Waals surface area contributed by atoms with Gasteiger partial charge < -0.3 is 15.3 Å². The zero-order chi connectivity index (χ0) is 19.4. The fourth-order valence-corrected chi connectivity index (χ4v) is 3.24. The van der Waals surface area contributed by atoms with Gasteiger partial charge in [-0.15, -0.1) is 5.10 Å². The molecule has 1 fully saturated rings. The Bertz CT molecular complexity index is 939. The first-order valence-electron chi connectivity index (χ1n) is 7.72. The second-order valence-electron chi connectivity index (χ2n) is 5.43. The van der Waals surface area contributed by atoms with Gasteiger partial charge in [-0.2, -0.15) is 5.10 Å². The lowest BCUT2D eigenvalue weighted by Crippen LogP contribution is -2.32. The molecule has 27 heavy (non-hydrogen) atoms. The van der Waals surface area contributed by atoms with Crippen LogP contribution in [0.5, 0.6) is 0 Å². The number of nitrogens with zero attached hydrogens (tertiary/aromatic N) is 3. The van der Waals surface area contributed by atoms with Gasteiger partial charge in [0.1, 0.15) is 11.0 Å². The third kappa shape index (κ3) is 4.23. The summed E-state index contributed by atoms with van der Waals surface area (Å²) in [5, 5.41) is 15.8. The number of rotatable bonds is 5. The summed E-state index contributed by atoms with van der Waals surface area (Å²) in [6, 6.07) is 9.00. The van der Waals surface area contributed by atoms with E-state index in [1.165, 1.54) is 36.7 Å². The Kier molecular flexibility index (Phi) is 5.36. The standard InChI is InChI=1S/C17H14N4O5S/c18-17(20-19-9-12-5-2-6-26-12)27-13-8-14(22)21(15(13)23)11-4-1-3-10(7-11)16(24)25/h1-7,9,13H,8H2,(H2,18,20)(H,24,25). The van der Waals surface area contributed by atoms with Gasteiger partial charge in [-0.3, -0.25) is 9.59 Å². The van der Waals surface area contributed by atoms with Crippen LogP contribution in [0.15, 0.2) is 57.3 Å². The highest BCUT2D eigenvalue weighted by Crippen LogP contribution is 2.30. The van der Waals surface area contributed by atoms with E-state index in [0.29, 0.717) is 5.76 Å². The molecule has 0 spiro atoms. The predicted molar refractivity (Wildman–Crippen MR) is 99.8 cm³/mol. The smallest absolute Gasteiger partial charge is 0.335 e. The van der Waals surface area contributed by atoms with E-state index in [2.05, 4.69) is 10.2 Å². The number of nitrogens with two attached hydrogens (primary N) is 1. The highest BCUT2D eigenvalue weighted by atomic mass is 32.2. The van der Waals surface area contributed by atoms with Crippen molar-refractivity contribution in [2.24, 2.45) is 15.9 Å². The molecule has 3 N–H and O–H groups in total. The molecule has 2 aromatic rings. The minimum absolute atomic E-state index is 0.0162. The Morgan fingerprint density at radius 1 is 1.33 bits per heavy atom. The molecule has 2 heterocycles. The zero-order valence-electron chi connectivity index (χ0n) is 13.8. The molecule has 0 radical (unpaired) electrons. The maximum absolute atomic E-state index is 12.6. The third-order valence-electron chi connectivity index (χ3n) is 3.60. The van der Waals surface area contributed by atoms with Crippen molar-refractivity contribution in [1.29, 1.82) is 0 Å². The van der Waals surface area contributed by atoms with Crippen molar-refractivity contribution >= 4 is 46.6 Å². The monoisotopic (exact) mass is 386 g/mol. The van der Waals surface area contributed by atoms with Crippen LogP contribution in [0.4, 0.5) is 5.69 Å². The predicted octanol–water partition coefficient (Wildman–Crippen LogP) is 1.69. The van der Waals surface area contributed by atoms with Crippen molar-refractivity contribution < 1.29 is 23.9 Å². The first kappa shape index (κ1) is 18.4. The lowest BCUT2D eigenvalue weighted by molar-refractivity contribution is -0.121. The molecule has 1 saturated heterocycles. The number of benzene rings is 1. The molecule has 3 rings (SSSR count). The average Bonchev–Trinajstić information content (AvgIpc) is 3.23. The fraction of sp³-hybridized carbons (Fsp3) is 0.118. The number of hydrogen-bond donors (Lipinski definition) is 2. The number of amides is 2. The molecule has 0 saturated carbocycles. The van der Waals surface area contributed by atoms with Crippen molar-refractivity contribution in [3.05, 3.63) is 54.0 Å². The van der Waals surface area contributed by atoms with Gasteiger partial charge >= 0.3 is 5.97 Å². The Morgan fingerprint density at radius 2 is 2.15 bits per heavy atom. The van der Waals surface area contributed by atoms with E-state index in [-0.39, 0.29) is 22.8 Å². The van der Waals surface area contributed by atoms with Crippen molar-refractivity contribution in [3.63, 3.8) is 0 Å². The number of amidine groups is 1. The number of carboxylic acid groups (broad SMARTS) is 1. The molecule has 1 aliphatic heterocycles. The zero-order valence-corrected chi connectivity index (χ0v) is 14.6. The van der Waals surface area contributed by atoms with E-state index in [0.717, 1.165) is 16.7 Å². The van der Waals surface area contributed by atoms with Crippen LogP contribution in [0.3, 0.4) is 0 Å². The largest absolute Gasteiger partial charge is 0.478 e. The number of aromatic carboxylic acids is 1. The quantitative estimate of drug-likeness (QED) is 0.345. The van der Waals surface area contributed by atoms with Gasteiger partial charge in [-0.25, -0.2) is 9.69 Å². The number of carbonyl (C=O) groups excluding carboxylic acids is 2. The molecule has 9 nitrogen and oxygen atoms in total. The summed E-state index contributed by atoms with van der Waals surface area (Å²) >= 11 is 0.920. The van der Waals surface area contributed by atoms with Crippen molar-refractivity contribution in [2.75, 3.05) is 4.90 Å². The molecule has 138 valence electrons. The number of hydrogen-bond acceptors (Lipinski definition) is 7. The van der Waals surface area contributed by atoms with Crippen molar-refractivity contribution in [1.82, 2.24) is 0 Å². The molecule has 1 aromatic carbocycles. The van der Waals surface area contributed by atoms with Crippen LogP contribution in [0.25, 0.3) is 0 Å². The van der Waals surface area contributed by atoms with Gasteiger partial charge in [0.15, 0.2) is 5.17 Å². The normalized spacial score (nSPS) is 17.9. The number of carbonyl (C=O) groups is 3.